The fourth-order valence-electron chi connectivity index (χ4n) is 1.85. The van der Waals surface area contributed by atoms with E-state index in [-0.39, 0.29) is 5.92 Å². The minimum absolute atomic E-state index is 0.238. The van der Waals surface area contributed by atoms with Gasteiger partial charge in [0.1, 0.15) is 6.04 Å². The number of carboxylic acid groups (broad SMARTS) is 1. The van der Waals surface area contributed by atoms with Crippen LogP contribution in [0.25, 0.3) is 0 Å². The Labute approximate surface area is 113 Å². The third-order valence-electron chi connectivity index (χ3n) is 2.96. The van der Waals surface area contributed by atoms with E-state index >= 15 is 0 Å². The lowest BCUT2D eigenvalue weighted by Crippen LogP contribution is -2.38. The van der Waals surface area contributed by atoms with E-state index in [2.05, 4.69) is 12.2 Å². The van der Waals surface area contributed by atoms with Crippen molar-refractivity contribution in [3.63, 3.8) is 0 Å². The molecule has 0 fully saturated rings. The Morgan fingerprint density at radius 2 is 2.22 bits per heavy atom. The third-order valence-corrected chi connectivity index (χ3v) is 3.20. The van der Waals surface area contributed by atoms with Crippen LogP contribution >= 0.6 is 11.6 Å². The van der Waals surface area contributed by atoms with Crippen molar-refractivity contribution in [2.24, 2.45) is 0 Å². The van der Waals surface area contributed by atoms with E-state index in [0.717, 1.165) is 12.0 Å². The number of carboxylic acids is 1. The van der Waals surface area contributed by atoms with Crippen molar-refractivity contribution in [1.29, 1.82) is 0 Å². The molecule has 1 aromatic rings. The summed E-state index contributed by atoms with van der Waals surface area (Å²) >= 11 is 5.94. The molecule has 100 valence electrons. The van der Waals surface area contributed by atoms with E-state index in [1.807, 2.05) is 31.2 Å². The lowest BCUT2D eigenvalue weighted by atomic mass is 10.0. The SMILES string of the molecule is CCCC(NCC(C)c1cccc(Cl)c1)C(=O)O. The van der Waals surface area contributed by atoms with Gasteiger partial charge in [0, 0.05) is 11.6 Å². The van der Waals surface area contributed by atoms with E-state index in [1.54, 1.807) is 0 Å². The molecule has 0 aliphatic heterocycles. The fraction of sp³-hybridized carbons (Fsp3) is 0.500. The van der Waals surface area contributed by atoms with Gasteiger partial charge in [-0.05, 0) is 30.0 Å². The van der Waals surface area contributed by atoms with Crippen LogP contribution in [0.5, 0.6) is 0 Å². The predicted octanol–water partition coefficient (Wildman–Crippen LogP) is 3.29. The largest absolute Gasteiger partial charge is 0.480 e. The molecule has 18 heavy (non-hydrogen) atoms. The Balaban J connectivity index is 2.54. The fourth-order valence-corrected chi connectivity index (χ4v) is 2.05. The Kier molecular flexibility index (Phi) is 6.16. The summed E-state index contributed by atoms with van der Waals surface area (Å²) in [5.74, 6) is -0.544. The van der Waals surface area contributed by atoms with Crippen LogP contribution in [-0.4, -0.2) is 23.7 Å². The molecule has 3 nitrogen and oxygen atoms in total. The second kappa shape index (κ2) is 7.39. The topological polar surface area (TPSA) is 49.3 Å². The molecule has 0 spiro atoms. The zero-order chi connectivity index (χ0) is 13.5. The Bertz CT molecular complexity index is 395. The highest BCUT2D eigenvalue weighted by atomic mass is 35.5. The van der Waals surface area contributed by atoms with Crippen LogP contribution < -0.4 is 5.32 Å². The predicted molar refractivity (Wildman–Crippen MR) is 74.2 cm³/mol. The Hall–Kier alpha value is -1.06. The summed E-state index contributed by atoms with van der Waals surface area (Å²) in [6.45, 7) is 4.68. The second-order valence-corrected chi connectivity index (χ2v) is 4.98. The molecule has 0 bridgehead atoms. The third kappa shape index (κ3) is 4.67. The summed E-state index contributed by atoms with van der Waals surface area (Å²) < 4.78 is 0. The second-order valence-electron chi connectivity index (χ2n) is 4.54. The number of carbonyl (C=O) groups is 1. The lowest BCUT2D eigenvalue weighted by molar-refractivity contribution is -0.139. The number of hydrogen-bond donors (Lipinski definition) is 2. The zero-order valence-corrected chi connectivity index (χ0v) is 11.6. The number of aliphatic carboxylic acids is 1. The number of rotatable bonds is 7. The maximum atomic E-state index is 11.0. The molecule has 0 aromatic heterocycles. The Morgan fingerprint density at radius 1 is 1.50 bits per heavy atom. The highest BCUT2D eigenvalue weighted by molar-refractivity contribution is 6.30. The number of benzene rings is 1. The van der Waals surface area contributed by atoms with Crippen LogP contribution in [0.2, 0.25) is 5.02 Å². The van der Waals surface area contributed by atoms with Gasteiger partial charge in [0.05, 0.1) is 0 Å². The number of halogens is 1. The molecular weight excluding hydrogens is 250 g/mol. The van der Waals surface area contributed by atoms with Gasteiger partial charge in [-0.2, -0.15) is 0 Å². The molecule has 2 unspecified atom stereocenters. The molecule has 0 heterocycles. The minimum atomic E-state index is -0.782. The summed E-state index contributed by atoms with van der Waals surface area (Å²) in [4.78, 5) is 11.0. The highest BCUT2D eigenvalue weighted by Crippen LogP contribution is 2.18. The summed E-state index contributed by atoms with van der Waals surface area (Å²) in [6, 6.07) is 7.21. The molecule has 0 saturated carbocycles. The molecule has 2 atom stereocenters. The van der Waals surface area contributed by atoms with Gasteiger partial charge in [0.2, 0.25) is 0 Å². The summed E-state index contributed by atoms with van der Waals surface area (Å²) in [6.07, 6.45) is 1.51. The molecular formula is C14H20ClNO2. The number of hydrogen-bond acceptors (Lipinski definition) is 2. The average Bonchev–Trinajstić information content (AvgIpc) is 2.33. The van der Waals surface area contributed by atoms with Gasteiger partial charge in [-0.1, -0.05) is 44.0 Å². The first kappa shape index (κ1) is 15.0. The van der Waals surface area contributed by atoms with Gasteiger partial charge in [0.15, 0.2) is 0 Å². The van der Waals surface area contributed by atoms with E-state index in [4.69, 9.17) is 16.7 Å². The van der Waals surface area contributed by atoms with Gasteiger partial charge >= 0.3 is 5.97 Å². The van der Waals surface area contributed by atoms with Crippen molar-refractivity contribution in [3.8, 4) is 0 Å². The molecule has 2 N–H and O–H groups in total. The summed E-state index contributed by atoms with van der Waals surface area (Å²) in [7, 11) is 0. The van der Waals surface area contributed by atoms with Gasteiger partial charge in [0.25, 0.3) is 0 Å². The maximum absolute atomic E-state index is 11.0. The van der Waals surface area contributed by atoms with Crippen molar-refractivity contribution in [2.75, 3.05) is 6.54 Å². The van der Waals surface area contributed by atoms with Crippen molar-refractivity contribution in [1.82, 2.24) is 5.32 Å². The van der Waals surface area contributed by atoms with E-state index < -0.39 is 12.0 Å². The molecule has 1 rings (SSSR count). The molecule has 1 aromatic carbocycles. The van der Waals surface area contributed by atoms with E-state index in [1.165, 1.54) is 0 Å². The lowest BCUT2D eigenvalue weighted by Gasteiger charge is -2.18. The average molecular weight is 270 g/mol. The highest BCUT2D eigenvalue weighted by Gasteiger charge is 2.16. The first-order valence-electron chi connectivity index (χ1n) is 6.26. The first-order chi connectivity index (χ1) is 8.54. The molecule has 0 aliphatic carbocycles. The summed E-state index contributed by atoms with van der Waals surface area (Å²) in [5.41, 5.74) is 1.12. The van der Waals surface area contributed by atoms with Gasteiger partial charge in [-0.3, -0.25) is 4.79 Å². The molecule has 0 radical (unpaired) electrons. The van der Waals surface area contributed by atoms with Crippen molar-refractivity contribution in [3.05, 3.63) is 34.9 Å². The van der Waals surface area contributed by atoms with Crippen LogP contribution in [0, 0.1) is 0 Å². The molecule has 0 aliphatic rings. The van der Waals surface area contributed by atoms with Crippen LogP contribution in [0.4, 0.5) is 0 Å². The van der Waals surface area contributed by atoms with E-state index in [0.29, 0.717) is 18.0 Å². The number of nitrogens with one attached hydrogen (secondary N) is 1. The minimum Gasteiger partial charge on any atom is -0.480 e. The van der Waals surface area contributed by atoms with Crippen molar-refractivity contribution >= 4 is 17.6 Å². The molecule has 0 saturated heterocycles. The van der Waals surface area contributed by atoms with Gasteiger partial charge < -0.3 is 10.4 Å². The molecule has 0 amide bonds. The van der Waals surface area contributed by atoms with Gasteiger partial charge in [-0.15, -0.1) is 0 Å². The van der Waals surface area contributed by atoms with Crippen LogP contribution in [0.1, 0.15) is 38.2 Å². The first-order valence-corrected chi connectivity index (χ1v) is 6.64. The zero-order valence-electron chi connectivity index (χ0n) is 10.8. The van der Waals surface area contributed by atoms with E-state index in [9.17, 15) is 4.79 Å². The standard InChI is InChI=1S/C14H20ClNO2/c1-3-5-13(14(17)18)16-9-10(2)11-6-4-7-12(15)8-11/h4,6-8,10,13,16H,3,5,9H2,1-2H3,(H,17,18). The quantitative estimate of drug-likeness (QED) is 0.799. The maximum Gasteiger partial charge on any atom is 0.320 e. The summed E-state index contributed by atoms with van der Waals surface area (Å²) in [5, 5.41) is 12.9. The van der Waals surface area contributed by atoms with Crippen molar-refractivity contribution < 1.29 is 9.90 Å². The Morgan fingerprint density at radius 3 is 2.78 bits per heavy atom. The smallest absolute Gasteiger partial charge is 0.320 e. The normalized spacial score (nSPS) is 14.2. The van der Waals surface area contributed by atoms with Gasteiger partial charge in [-0.25, -0.2) is 0 Å². The van der Waals surface area contributed by atoms with Crippen molar-refractivity contribution in [2.45, 2.75) is 38.6 Å². The van der Waals surface area contributed by atoms with Crippen LogP contribution in [-0.2, 0) is 4.79 Å². The molecule has 4 heteroatoms. The van der Waals surface area contributed by atoms with Crippen LogP contribution in [0.3, 0.4) is 0 Å². The van der Waals surface area contributed by atoms with Crippen LogP contribution in [0.15, 0.2) is 24.3 Å². The monoisotopic (exact) mass is 269 g/mol.